The maximum Gasteiger partial charge on any atom is 0.412 e. The number of benzene rings is 2. The Kier molecular flexibility index (Phi) is 7.41. The fourth-order valence-corrected chi connectivity index (χ4v) is 2.56. The lowest BCUT2D eigenvalue weighted by Gasteiger charge is -2.19. The third-order valence-corrected chi connectivity index (χ3v) is 3.84. The number of amides is 3. The molecule has 0 aliphatic rings. The number of anilines is 1. The predicted molar refractivity (Wildman–Crippen MR) is 113 cm³/mol. The van der Waals surface area contributed by atoms with E-state index in [1.54, 1.807) is 39.0 Å². The summed E-state index contributed by atoms with van der Waals surface area (Å²) in [6.45, 7) is 8.79. The molecule has 2 rings (SSSR count). The first kappa shape index (κ1) is 22.7. The topological polar surface area (TPSA) is 106 Å². The van der Waals surface area contributed by atoms with Crippen molar-refractivity contribution in [2.24, 2.45) is 0 Å². The first-order valence-electron chi connectivity index (χ1n) is 9.43. The average Bonchev–Trinajstić information content (AvgIpc) is 2.64. The average molecular weight is 413 g/mol. The van der Waals surface area contributed by atoms with Crippen LogP contribution in [0.15, 0.2) is 42.5 Å². The van der Waals surface area contributed by atoms with Gasteiger partial charge in [-0.05, 0) is 63.9 Å². The standard InChI is InChI=1S/C22H27N3O5/c1-14-8-6-9-15(2)19(14)29-13-18(26)24-25-20(27)16-10-7-11-17(12-16)23-21(28)30-22(3,4)5/h6-12H,13H2,1-5H3,(H,23,28)(H,24,26)(H,25,27). The number of hydrazine groups is 1. The molecule has 0 aromatic heterocycles. The number of hydrogen-bond acceptors (Lipinski definition) is 5. The van der Waals surface area contributed by atoms with Crippen molar-refractivity contribution < 1.29 is 23.9 Å². The summed E-state index contributed by atoms with van der Waals surface area (Å²) < 4.78 is 10.7. The molecule has 2 aromatic rings. The Balaban J connectivity index is 1.87. The zero-order valence-electron chi connectivity index (χ0n) is 17.8. The molecule has 8 nitrogen and oxygen atoms in total. The summed E-state index contributed by atoms with van der Waals surface area (Å²) in [6.07, 6.45) is -0.628. The van der Waals surface area contributed by atoms with Crippen molar-refractivity contribution in [1.82, 2.24) is 10.9 Å². The van der Waals surface area contributed by atoms with Crippen molar-refractivity contribution in [3.05, 3.63) is 59.2 Å². The lowest BCUT2D eigenvalue weighted by molar-refractivity contribution is -0.123. The number of aryl methyl sites for hydroxylation is 2. The molecule has 0 spiro atoms. The number of carbonyl (C=O) groups is 3. The summed E-state index contributed by atoms with van der Waals surface area (Å²) >= 11 is 0. The fraction of sp³-hybridized carbons (Fsp3) is 0.318. The van der Waals surface area contributed by atoms with Gasteiger partial charge in [0, 0.05) is 11.3 Å². The monoisotopic (exact) mass is 413 g/mol. The van der Waals surface area contributed by atoms with Crippen LogP contribution in [0.3, 0.4) is 0 Å². The Bertz CT molecular complexity index is 914. The van der Waals surface area contributed by atoms with Crippen LogP contribution in [0.25, 0.3) is 0 Å². The van der Waals surface area contributed by atoms with Gasteiger partial charge in [0.1, 0.15) is 11.4 Å². The molecular weight excluding hydrogens is 386 g/mol. The molecule has 30 heavy (non-hydrogen) atoms. The van der Waals surface area contributed by atoms with E-state index < -0.39 is 23.5 Å². The van der Waals surface area contributed by atoms with Crippen LogP contribution in [0.5, 0.6) is 5.75 Å². The molecule has 0 bridgehead atoms. The predicted octanol–water partition coefficient (Wildman–Crippen LogP) is 3.49. The Labute approximate surface area is 175 Å². The Morgan fingerprint density at radius 1 is 0.933 bits per heavy atom. The van der Waals surface area contributed by atoms with Gasteiger partial charge in [-0.3, -0.25) is 25.8 Å². The molecule has 0 heterocycles. The number of nitrogens with one attached hydrogen (secondary N) is 3. The summed E-state index contributed by atoms with van der Waals surface area (Å²) in [6, 6.07) is 11.9. The van der Waals surface area contributed by atoms with E-state index in [1.165, 1.54) is 6.07 Å². The van der Waals surface area contributed by atoms with Gasteiger partial charge in [-0.15, -0.1) is 0 Å². The van der Waals surface area contributed by atoms with Crippen molar-refractivity contribution in [3.8, 4) is 5.75 Å². The van der Waals surface area contributed by atoms with Crippen molar-refractivity contribution in [3.63, 3.8) is 0 Å². The number of carbonyl (C=O) groups excluding carboxylic acids is 3. The van der Waals surface area contributed by atoms with Crippen molar-refractivity contribution >= 4 is 23.6 Å². The van der Waals surface area contributed by atoms with Crippen LogP contribution in [-0.4, -0.2) is 30.1 Å². The zero-order valence-corrected chi connectivity index (χ0v) is 17.8. The first-order chi connectivity index (χ1) is 14.0. The molecule has 160 valence electrons. The van der Waals surface area contributed by atoms with E-state index in [1.807, 2.05) is 32.0 Å². The minimum absolute atomic E-state index is 0.244. The highest BCUT2D eigenvalue weighted by molar-refractivity contribution is 5.97. The van der Waals surface area contributed by atoms with E-state index in [4.69, 9.17) is 9.47 Å². The minimum atomic E-state index is -0.637. The largest absolute Gasteiger partial charge is 0.483 e. The van der Waals surface area contributed by atoms with E-state index in [0.29, 0.717) is 11.4 Å². The molecule has 0 fully saturated rings. The van der Waals surface area contributed by atoms with Gasteiger partial charge in [0.05, 0.1) is 0 Å². The lowest BCUT2D eigenvalue weighted by Crippen LogP contribution is -2.43. The van der Waals surface area contributed by atoms with Gasteiger partial charge >= 0.3 is 6.09 Å². The van der Waals surface area contributed by atoms with Crippen molar-refractivity contribution in [1.29, 1.82) is 0 Å². The number of ether oxygens (including phenoxy) is 2. The maximum absolute atomic E-state index is 12.3. The van der Waals surface area contributed by atoms with Gasteiger partial charge in [-0.1, -0.05) is 24.3 Å². The van der Waals surface area contributed by atoms with Crippen LogP contribution in [-0.2, 0) is 9.53 Å². The molecule has 0 aliphatic heterocycles. The molecule has 3 amide bonds. The summed E-state index contributed by atoms with van der Waals surface area (Å²) in [7, 11) is 0. The summed E-state index contributed by atoms with van der Waals surface area (Å²) in [5, 5.41) is 2.56. The molecule has 8 heteroatoms. The Hall–Kier alpha value is -3.55. The minimum Gasteiger partial charge on any atom is -0.483 e. The molecule has 0 saturated heterocycles. The fourth-order valence-electron chi connectivity index (χ4n) is 2.56. The lowest BCUT2D eigenvalue weighted by atomic mass is 10.1. The highest BCUT2D eigenvalue weighted by Crippen LogP contribution is 2.22. The number of rotatable bonds is 5. The number of hydrogen-bond donors (Lipinski definition) is 3. The van der Waals surface area contributed by atoms with Crippen LogP contribution in [0.1, 0.15) is 42.3 Å². The van der Waals surface area contributed by atoms with E-state index in [2.05, 4.69) is 16.2 Å². The van der Waals surface area contributed by atoms with Crippen LogP contribution < -0.4 is 20.9 Å². The van der Waals surface area contributed by atoms with E-state index in [9.17, 15) is 14.4 Å². The van der Waals surface area contributed by atoms with Crippen molar-refractivity contribution in [2.45, 2.75) is 40.2 Å². The van der Waals surface area contributed by atoms with Gasteiger partial charge in [0.2, 0.25) is 0 Å². The SMILES string of the molecule is Cc1cccc(C)c1OCC(=O)NNC(=O)c1cccc(NC(=O)OC(C)(C)C)c1. The molecule has 3 N–H and O–H groups in total. The van der Waals surface area contributed by atoms with Crippen LogP contribution in [0.4, 0.5) is 10.5 Å². The molecule has 0 radical (unpaired) electrons. The Morgan fingerprint density at radius 3 is 2.20 bits per heavy atom. The molecular formula is C22H27N3O5. The normalized spacial score (nSPS) is 10.7. The van der Waals surface area contributed by atoms with Gasteiger partial charge in [-0.2, -0.15) is 0 Å². The van der Waals surface area contributed by atoms with Crippen molar-refractivity contribution in [2.75, 3.05) is 11.9 Å². The van der Waals surface area contributed by atoms with Gasteiger partial charge in [0.25, 0.3) is 11.8 Å². The quantitative estimate of drug-likeness (QED) is 0.651. The van der Waals surface area contributed by atoms with Gasteiger partial charge in [0.15, 0.2) is 6.61 Å². The second-order valence-corrected chi connectivity index (χ2v) is 7.72. The second kappa shape index (κ2) is 9.78. The van der Waals surface area contributed by atoms with Crippen LogP contribution >= 0.6 is 0 Å². The second-order valence-electron chi connectivity index (χ2n) is 7.72. The third-order valence-electron chi connectivity index (χ3n) is 3.84. The molecule has 0 unspecified atom stereocenters. The maximum atomic E-state index is 12.3. The highest BCUT2D eigenvalue weighted by Gasteiger charge is 2.17. The Morgan fingerprint density at radius 2 is 1.57 bits per heavy atom. The summed E-state index contributed by atoms with van der Waals surface area (Å²) in [4.78, 5) is 36.1. The summed E-state index contributed by atoms with van der Waals surface area (Å²) in [5.41, 5.74) is 6.47. The summed E-state index contributed by atoms with van der Waals surface area (Å²) in [5.74, 6) is -0.405. The molecule has 0 saturated carbocycles. The van der Waals surface area contributed by atoms with Gasteiger partial charge in [-0.25, -0.2) is 4.79 Å². The van der Waals surface area contributed by atoms with Gasteiger partial charge < -0.3 is 9.47 Å². The number of para-hydroxylation sites is 1. The van der Waals surface area contributed by atoms with E-state index >= 15 is 0 Å². The molecule has 0 atom stereocenters. The highest BCUT2D eigenvalue weighted by atomic mass is 16.6. The molecule has 0 aliphatic carbocycles. The third kappa shape index (κ3) is 7.12. The smallest absolute Gasteiger partial charge is 0.412 e. The zero-order chi connectivity index (χ0) is 22.3. The van der Waals surface area contributed by atoms with E-state index in [0.717, 1.165) is 11.1 Å². The first-order valence-corrected chi connectivity index (χ1v) is 9.43. The van der Waals surface area contributed by atoms with Crippen LogP contribution in [0, 0.1) is 13.8 Å². The van der Waals surface area contributed by atoms with E-state index in [-0.39, 0.29) is 12.2 Å². The van der Waals surface area contributed by atoms with Crippen LogP contribution in [0.2, 0.25) is 0 Å². The molecule has 2 aromatic carbocycles.